The molecule has 0 aromatic carbocycles. The van der Waals surface area contributed by atoms with E-state index in [1.807, 2.05) is 0 Å². The standard InChI is InChI=1S/C13H19Br2NS/c1-4-7-16-11(6-5-9(2)3)10-8-12(14)17-13(10)15/h8,11,16H,2,4-7H2,1,3H3. The lowest BCUT2D eigenvalue weighted by atomic mass is 10.0. The molecule has 1 unspecified atom stereocenters. The van der Waals surface area contributed by atoms with Crippen LogP contribution in [0.5, 0.6) is 0 Å². The van der Waals surface area contributed by atoms with Gasteiger partial charge in [0.15, 0.2) is 0 Å². The molecule has 17 heavy (non-hydrogen) atoms. The van der Waals surface area contributed by atoms with Gasteiger partial charge in [-0.05, 0) is 76.2 Å². The summed E-state index contributed by atoms with van der Waals surface area (Å²) in [4.78, 5) is 0. The van der Waals surface area contributed by atoms with Crippen LogP contribution in [0.15, 0.2) is 25.8 Å². The van der Waals surface area contributed by atoms with Gasteiger partial charge in [-0.25, -0.2) is 0 Å². The maximum Gasteiger partial charge on any atom is 0.0758 e. The molecule has 0 bridgehead atoms. The molecule has 0 saturated carbocycles. The lowest BCUT2D eigenvalue weighted by molar-refractivity contribution is 0.498. The summed E-state index contributed by atoms with van der Waals surface area (Å²) in [6, 6.07) is 2.63. The topological polar surface area (TPSA) is 12.0 Å². The molecule has 1 rings (SSSR count). The van der Waals surface area contributed by atoms with E-state index in [1.165, 1.54) is 18.7 Å². The van der Waals surface area contributed by atoms with Crippen molar-refractivity contribution >= 4 is 43.2 Å². The van der Waals surface area contributed by atoms with Gasteiger partial charge >= 0.3 is 0 Å². The molecular formula is C13H19Br2NS. The second-order valence-electron chi connectivity index (χ2n) is 4.28. The molecule has 1 aromatic heterocycles. The third-order valence-corrected chi connectivity index (χ3v) is 4.94. The smallest absolute Gasteiger partial charge is 0.0758 e. The SMILES string of the molecule is C=C(C)CCC(NCCC)c1cc(Br)sc1Br. The molecule has 4 heteroatoms. The summed E-state index contributed by atoms with van der Waals surface area (Å²) in [6.45, 7) is 9.33. The second kappa shape index (κ2) is 7.72. The average Bonchev–Trinajstić information content (AvgIpc) is 2.58. The van der Waals surface area contributed by atoms with Gasteiger partial charge in [-0.1, -0.05) is 12.5 Å². The molecule has 0 aliphatic carbocycles. The van der Waals surface area contributed by atoms with Crippen molar-refractivity contribution in [1.29, 1.82) is 0 Å². The minimum atomic E-state index is 0.420. The zero-order chi connectivity index (χ0) is 12.8. The first kappa shape index (κ1) is 15.4. The largest absolute Gasteiger partial charge is 0.310 e. The van der Waals surface area contributed by atoms with Crippen LogP contribution in [0.4, 0.5) is 0 Å². The van der Waals surface area contributed by atoms with Crippen LogP contribution < -0.4 is 5.32 Å². The Kier molecular flexibility index (Phi) is 7.00. The number of hydrogen-bond donors (Lipinski definition) is 1. The Morgan fingerprint density at radius 1 is 1.53 bits per heavy atom. The van der Waals surface area contributed by atoms with Gasteiger partial charge in [-0.3, -0.25) is 0 Å². The van der Waals surface area contributed by atoms with Gasteiger partial charge in [-0.2, -0.15) is 0 Å². The van der Waals surface area contributed by atoms with Gasteiger partial charge in [0, 0.05) is 6.04 Å². The molecule has 0 amide bonds. The molecule has 0 aliphatic heterocycles. The molecule has 1 heterocycles. The van der Waals surface area contributed by atoms with Crippen LogP contribution in [0.25, 0.3) is 0 Å². The lowest BCUT2D eigenvalue weighted by Crippen LogP contribution is -2.22. The number of nitrogens with one attached hydrogen (secondary N) is 1. The predicted octanol–water partition coefficient (Wildman–Crippen LogP) is 5.67. The van der Waals surface area contributed by atoms with Gasteiger partial charge in [0.25, 0.3) is 0 Å². The molecule has 0 aliphatic rings. The Morgan fingerprint density at radius 2 is 2.24 bits per heavy atom. The highest BCUT2D eigenvalue weighted by molar-refractivity contribution is 9.12. The normalized spacial score (nSPS) is 12.7. The van der Waals surface area contributed by atoms with Crippen LogP contribution in [0.2, 0.25) is 0 Å². The van der Waals surface area contributed by atoms with Crippen molar-refractivity contribution in [2.75, 3.05) is 6.54 Å². The van der Waals surface area contributed by atoms with E-state index < -0.39 is 0 Å². The van der Waals surface area contributed by atoms with Crippen molar-refractivity contribution in [3.05, 3.63) is 31.4 Å². The molecule has 0 saturated heterocycles. The van der Waals surface area contributed by atoms with Crippen molar-refractivity contribution in [2.45, 2.75) is 39.2 Å². The fourth-order valence-electron chi connectivity index (χ4n) is 1.67. The first-order valence-corrected chi connectivity index (χ1v) is 8.27. The van der Waals surface area contributed by atoms with Gasteiger partial charge < -0.3 is 5.32 Å². The van der Waals surface area contributed by atoms with Crippen LogP contribution >= 0.6 is 43.2 Å². The molecular weight excluding hydrogens is 362 g/mol. The number of rotatable bonds is 7. The van der Waals surface area contributed by atoms with E-state index in [-0.39, 0.29) is 0 Å². The van der Waals surface area contributed by atoms with Crippen molar-refractivity contribution in [2.24, 2.45) is 0 Å². The van der Waals surface area contributed by atoms with E-state index in [9.17, 15) is 0 Å². The van der Waals surface area contributed by atoms with Crippen molar-refractivity contribution < 1.29 is 0 Å². The summed E-state index contributed by atoms with van der Waals surface area (Å²) in [7, 11) is 0. The third kappa shape index (κ3) is 5.25. The number of halogens is 2. The summed E-state index contributed by atoms with van der Waals surface area (Å²) in [5, 5.41) is 3.61. The molecule has 0 fully saturated rings. The number of hydrogen-bond acceptors (Lipinski definition) is 2. The van der Waals surface area contributed by atoms with Crippen molar-refractivity contribution in [3.63, 3.8) is 0 Å². The zero-order valence-corrected chi connectivity index (χ0v) is 14.3. The Hall–Kier alpha value is 0.360. The van der Waals surface area contributed by atoms with Crippen LogP contribution in [0.1, 0.15) is 44.7 Å². The molecule has 1 nitrogen and oxygen atoms in total. The molecule has 0 spiro atoms. The summed E-state index contributed by atoms with van der Waals surface area (Å²) in [5.41, 5.74) is 2.61. The highest BCUT2D eigenvalue weighted by Gasteiger charge is 2.16. The minimum absolute atomic E-state index is 0.420. The van der Waals surface area contributed by atoms with E-state index in [1.54, 1.807) is 11.3 Å². The Bertz CT molecular complexity index is 373. The van der Waals surface area contributed by atoms with Crippen molar-refractivity contribution in [3.8, 4) is 0 Å². The van der Waals surface area contributed by atoms with Crippen molar-refractivity contribution in [1.82, 2.24) is 5.32 Å². The van der Waals surface area contributed by atoms with Gasteiger partial charge in [0.1, 0.15) is 0 Å². The quantitative estimate of drug-likeness (QED) is 0.600. The fraction of sp³-hybridized carbons (Fsp3) is 0.538. The summed E-state index contributed by atoms with van der Waals surface area (Å²) in [5.74, 6) is 0. The number of thiophene rings is 1. The van der Waals surface area contributed by atoms with E-state index in [2.05, 4.69) is 63.7 Å². The lowest BCUT2D eigenvalue weighted by Gasteiger charge is -2.18. The fourth-order valence-corrected chi connectivity index (χ4v) is 4.64. The highest BCUT2D eigenvalue weighted by Crippen LogP contribution is 2.37. The molecule has 1 atom stereocenters. The van der Waals surface area contributed by atoms with Crippen LogP contribution in [-0.2, 0) is 0 Å². The van der Waals surface area contributed by atoms with Crippen LogP contribution in [-0.4, -0.2) is 6.54 Å². The summed E-state index contributed by atoms with van der Waals surface area (Å²) < 4.78 is 2.40. The second-order valence-corrected chi connectivity index (χ2v) is 8.03. The zero-order valence-electron chi connectivity index (χ0n) is 10.4. The highest BCUT2D eigenvalue weighted by atomic mass is 79.9. The van der Waals surface area contributed by atoms with Gasteiger partial charge in [0.2, 0.25) is 0 Å². The first-order valence-electron chi connectivity index (χ1n) is 5.87. The van der Waals surface area contributed by atoms with E-state index in [0.717, 1.165) is 25.8 Å². The third-order valence-electron chi connectivity index (χ3n) is 2.56. The Balaban J connectivity index is 2.74. The monoisotopic (exact) mass is 379 g/mol. The predicted molar refractivity (Wildman–Crippen MR) is 84.8 cm³/mol. The Morgan fingerprint density at radius 3 is 2.71 bits per heavy atom. The first-order chi connectivity index (χ1) is 8.04. The maximum atomic E-state index is 3.98. The molecule has 0 radical (unpaired) electrons. The average molecular weight is 381 g/mol. The Labute approximate surface area is 125 Å². The van der Waals surface area contributed by atoms with E-state index >= 15 is 0 Å². The summed E-state index contributed by atoms with van der Waals surface area (Å²) in [6.07, 6.45) is 3.34. The maximum absolute atomic E-state index is 3.98. The van der Waals surface area contributed by atoms with Gasteiger partial charge in [-0.15, -0.1) is 17.9 Å². The molecule has 1 aromatic rings. The molecule has 1 N–H and O–H groups in total. The minimum Gasteiger partial charge on any atom is -0.310 e. The summed E-state index contributed by atoms with van der Waals surface area (Å²) >= 11 is 8.92. The van der Waals surface area contributed by atoms with E-state index in [0.29, 0.717) is 6.04 Å². The van der Waals surface area contributed by atoms with Crippen LogP contribution in [0.3, 0.4) is 0 Å². The van der Waals surface area contributed by atoms with Gasteiger partial charge in [0.05, 0.1) is 7.57 Å². The van der Waals surface area contributed by atoms with Crippen LogP contribution in [0, 0.1) is 0 Å². The number of allylic oxidation sites excluding steroid dienone is 1. The van der Waals surface area contributed by atoms with E-state index in [4.69, 9.17) is 0 Å². The molecule has 96 valence electrons.